The molecule has 23 heavy (non-hydrogen) atoms. The Labute approximate surface area is 144 Å². The zero-order valence-corrected chi connectivity index (χ0v) is 15.4. The summed E-state index contributed by atoms with van der Waals surface area (Å²) < 4.78 is 32.4. The SMILES string of the molecule is COc1ccc2c(c1)C(S(=O)(=O)c1c(C)cccc1Br)NCC2. The maximum absolute atomic E-state index is 13.3. The molecule has 0 saturated carbocycles. The summed E-state index contributed by atoms with van der Waals surface area (Å²) in [6.45, 7) is 2.44. The van der Waals surface area contributed by atoms with Crippen molar-refractivity contribution in [1.29, 1.82) is 0 Å². The number of ether oxygens (including phenoxy) is 1. The first-order valence-corrected chi connectivity index (χ1v) is 9.68. The van der Waals surface area contributed by atoms with E-state index in [4.69, 9.17) is 4.74 Å². The van der Waals surface area contributed by atoms with Gasteiger partial charge in [0.05, 0.1) is 12.0 Å². The summed E-state index contributed by atoms with van der Waals surface area (Å²) in [5.41, 5.74) is 2.55. The van der Waals surface area contributed by atoms with Crippen molar-refractivity contribution in [2.75, 3.05) is 13.7 Å². The molecule has 1 unspecified atom stereocenters. The second-order valence-electron chi connectivity index (χ2n) is 5.58. The van der Waals surface area contributed by atoms with Gasteiger partial charge in [-0.2, -0.15) is 0 Å². The fourth-order valence-corrected chi connectivity index (χ4v) is 6.12. The average Bonchev–Trinajstić information content (AvgIpc) is 2.53. The zero-order valence-electron chi connectivity index (χ0n) is 13.0. The van der Waals surface area contributed by atoms with Crippen molar-refractivity contribution in [3.63, 3.8) is 0 Å². The van der Waals surface area contributed by atoms with Crippen molar-refractivity contribution in [2.45, 2.75) is 23.6 Å². The van der Waals surface area contributed by atoms with E-state index < -0.39 is 15.2 Å². The molecule has 0 aliphatic carbocycles. The van der Waals surface area contributed by atoms with E-state index >= 15 is 0 Å². The molecular weight excluding hydrogens is 378 g/mol. The minimum atomic E-state index is -3.58. The third kappa shape index (κ3) is 2.91. The number of nitrogens with one attached hydrogen (secondary N) is 1. The van der Waals surface area contributed by atoms with Gasteiger partial charge >= 0.3 is 0 Å². The third-order valence-corrected chi connectivity index (χ3v) is 7.19. The summed E-state index contributed by atoms with van der Waals surface area (Å²) in [7, 11) is -1.99. The fourth-order valence-electron chi connectivity index (χ4n) is 2.99. The summed E-state index contributed by atoms with van der Waals surface area (Å²) >= 11 is 3.39. The van der Waals surface area contributed by atoms with Gasteiger partial charge in [0.15, 0.2) is 9.84 Å². The molecule has 1 aliphatic rings. The molecule has 0 saturated heterocycles. The van der Waals surface area contributed by atoms with Crippen LogP contribution in [0.25, 0.3) is 0 Å². The maximum atomic E-state index is 13.3. The normalized spacial score (nSPS) is 17.6. The predicted octanol–water partition coefficient (Wildman–Crippen LogP) is 3.38. The summed E-state index contributed by atoms with van der Waals surface area (Å²) in [4.78, 5) is 0.341. The van der Waals surface area contributed by atoms with Crippen molar-refractivity contribution in [2.24, 2.45) is 0 Å². The lowest BCUT2D eigenvalue weighted by atomic mass is 10.0. The van der Waals surface area contributed by atoms with Gasteiger partial charge in [-0.15, -0.1) is 0 Å². The number of hydrogen-bond donors (Lipinski definition) is 1. The lowest BCUT2D eigenvalue weighted by Crippen LogP contribution is -2.35. The largest absolute Gasteiger partial charge is 0.497 e. The van der Waals surface area contributed by atoms with Crippen molar-refractivity contribution in [3.05, 3.63) is 57.6 Å². The van der Waals surface area contributed by atoms with Gasteiger partial charge in [-0.1, -0.05) is 18.2 Å². The van der Waals surface area contributed by atoms with Gasteiger partial charge in [0.2, 0.25) is 0 Å². The van der Waals surface area contributed by atoms with Gasteiger partial charge in [-0.25, -0.2) is 8.42 Å². The number of fused-ring (bicyclic) bond motifs is 1. The van der Waals surface area contributed by atoms with E-state index in [0.29, 0.717) is 21.7 Å². The number of rotatable bonds is 3. The van der Waals surface area contributed by atoms with E-state index in [2.05, 4.69) is 21.2 Å². The molecule has 3 rings (SSSR count). The van der Waals surface area contributed by atoms with Crippen LogP contribution in [-0.4, -0.2) is 22.1 Å². The monoisotopic (exact) mass is 395 g/mol. The molecular formula is C17H18BrNO3S. The minimum Gasteiger partial charge on any atom is -0.497 e. The van der Waals surface area contributed by atoms with E-state index in [1.54, 1.807) is 13.2 Å². The molecule has 0 bridgehead atoms. The van der Waals surface area contributed by atoms with Gasteiger partial charge in [-0.05, 0) is 64.2 Å². The van der Waals surface area contributed by atoms with Crippen molar-refractivity contribution in [3.8, 4) is 5.75 Å². The van der Waals surface area contributed by atoms with Crippen LogP contribution >= 0.6 is 15.9 Å². The molecule has 122 valence electrons. The maximum Gasteiger partial charge on any atom is 0.199 e. The molecule has 2 aromatic carbocycles. The van der Waals surface area contributed by atoms with E-state index in [1.807, 2.05) is 37.3 Å². The molecule has 1 heterocycles. The fraction of sp³-hybridized carbons (Fsp3) is 0.294. The van der Waals surface area contributed by atoms with Crippen LogP contribution in [0, 0.1) is 6.92 Å². The molecule has 1 atom stereocenters. The second-order valence-corrected chi connectivity index (χ2v) is 8.40. The Bertz CT molecular complexity index is 829. The van der Waals surface area contributed by atoms with Crippen molar-refractivity contribution < 1.29 is 13.2 Å². The predicted molar refractivity (Wildman–Crippen MR) is 93.5 cm³/mol. The molecule has 6 heteroatoms. The molecule has 1 aliphatic heterocycles. The second kappa shape index (κ2) is 6.26. The molecule has 0 radical (unpaired) electrons. The summed E-state index contributed by atoms with van der Waals surface area (Å²) in [6.07, 6.45) is 0.806. The van der Waals surface area contributed by atoms with E-state index in [-0.39, 0.29) is 0 Å². The Morgan fingerprint density at radius 2 is 2.04 bits per heavy atom. The minimum absolute atomic E-state index is 0.341. The van der Waals surface area contributed by atoms with Crippen LogP contribution in [0.15, 0.2) is 45.8 Å². The Hall–Kier alpha value is -1.37. The van der Waals surface area contributed by atoms with Gasteiger partial charge in [0, 0.05) is 11.0 Å². The number of halogens is 1. The van der Waals surface area contributed by atoms with E-state index in [9.17, 15) is 8.42 Å². The van der Waals surface area contributed by atoms with E-state index in [0.717, 1.165) is 23.1 Å². The molecule has 0 aromatic heterocycles. The van der Waals surface area contributed by atoms with Crippen LogP contribution in [0.3, 0.4) is 0 Å². The molecule has 1 N–H and O–H groups in total. The Morgan fingerprint density at radius 1 is 1.26 bits per heavy atom. The number of sulfone groups is 1. The third-order valence-electron chi connectivity index (χ3n) is 4.12. The highest BCUT2D eigenvalue weighted by atomic mass is 79.9. The highest BCUT2D eigenvalue weighted by Gasteiger charge is 2.35. The van der Waals surface area contributed by atoms with Crippen LogP contribution in [-0.2, 0) is 16.3 Å². The molecule has 2 aromatic rings. The Kier molecular flexibility index (Phi) is 4.49. The number of methoxy groups -OCH3 is 1. The smallest absolute Gasteiger partial charge is 0.199 e. The Morgan fingerprint density at radius 3 is 2.74 bits per heavy atom. The molecule has 4 nitrogen and oxygen atoms in total. The molecule has 0 fully saturated rings. The first-order chi connectivity index (χ1) is 10.9. The summed E-state index contributed by atoms with van der Waals surface area (Å²) in [5.74, 6) is 0.663. The van der Waals surface area contributed by atoms with Crippen molar-refractivity contribution in [1.82, 2.24) is 5.32 Å². The standard InChI is InChI=1S/C17H18BrNO3S/c1-11-4-3-5-15(18)16(11)23(20,21)17-14-10-13(22-2)7-6-12(14)8-9-19-17/h3-7,10,17,19H,8-9H2,1-2H3. The average molecular weight is 396 g/mol. The van der Waals surface area contributed by atoms with Crippen molar-refractivity contribution >= 4 is 25.8 Å². The molecule has 0 amide bonds. The van der Waals surface area contributed by atoms with Crippen LogP contribution in [0.2, 0.25) is 0 Å². The lowest BCUT2D eigenvalue weighted by Gasteiger charge is -2.28. The number of aryl methyl sites for hydroxylation is 1. The zero-order chi connectivity index (χ0) is 16.6. The van der Waals surface area contributed by atoms with Crippen LogP contribution in [0.1, 0.15) is 22.1 Å². The summed E-state index contributed by atoms with van der Waals surface area (Å²) in [5, 5.41) is 2.39. The first kappa shape index (κ1) is 16.5. The van der Waals surface area contributed by atoms with E-state index in [1.165, 1.54) is 0 Å². The Balaban J connectivity index is 2.16. The summed E-state index contributed by atoms with van der Waals surface area (Å²) in [6, 6.07) is 11.0. The highest BCUT2D eigenvalue weighted by molar-refractivity contribution is 9.10. The quantitative estimate of drug-likeness (QED) is 0.864. The van der Waals surface area contributed by atoms with Gasteiger partial charge < -0.3 is 4.74 Å². The van der Waals surface area contributed by atoms with Crippen LogP contribution in [0.4, 0.5) is 0 Å². The molecule has 0 spiro atoms. The van der Waals surface area contributed by atoms with Gasteiger partial charge in [-0.3, -0.25) is 5.32 Å². The first-order valence-electron chi connectivity index (χ1n) is 7.34. The van der Waals surface area contributed by atoms with Crippen LogP contribution < -0.4 is 10.1 Å². The number of hydrogen-bond acceptors (Lipinski definition) is 4. The highest BCUT2D eigenvalue weighted by Crippen LogP contribution is 2.37. The van der Waals surface area contributed by atoms with Gasteiger partial charge in [0.25, 0.3) is 0 Å². The van der Waals surface area contributed by atoms with Gasteiger partial charge in [0.1, 0.15) is 11.1 Å². The van der Waals surface area contributed by atoms with Crippen LogP contribution in [0.5, 0.6) is 5.75 Å². The number of benzene rings is 2. The lowest BCUT2D eigenvalue weighted by molar-refractivity contribution is 0.413. The topological polar surface area (TPSA) is 55.4 Å².